The molecule has 0 saturated carbocycles. The van der Waals surface area contributed by atoms with Gasteiger partial charge in [-0.1, -0.05) is 19.1 Å². The fourth-order valence-corrected chi connectivity index (χ4v) is 4.56. The van der Waals surface area contributed by atoms with Crippen LogP contribution in [0.1, 0.15) is 25.3 Å². The van der Waals surface area contributed by atoms with Crippen LogP contribution in [0.5, 0.6) is 5.75 Å². The van der Waals surface area contributed by atoms with Crippen molar-refractivity contribution in [1.29, 1.82) is 0 Å². The van der Waals surface area contributed by atoms with Gasteiger partial charge in [-0.2, -0.15) is 0 Å². The fraction of sp³-hybridized carbons (Fsp3) is 0.562. The van der Waals surface area contributed by atoms with Crippen LogP contribution in [0.2, 0.25) is 0 Å². The van der Waals surface area contributed by atoms with Crippen molar-refractivity contribution in [3.8, 4) is 5.75 Å². The Morgan fingerprint density at radius 3 is 2.77 bits per heavy atom. The number of ether oxygens (including phenoxy) is 1. The molecule has 0 bridgehead atoms. The van der Waals surface area contributed by atoms with Crippen molar-refractivity contribution in [2.75, 3.05) is 25.2 Å². The van der Waals surface area contributed by atoms with E-state index in [1.54, 1.807) is 12.0 Å². The first-order valence-electron chi connectivity index (χ1n) is 7.58. The molecule has 1 heterocycles. The van der Waals surface area contributed by atoms with Gasteiger partial charge in [-0.3, -0.25) is 4.79 Å². The summed E-state index contributed by atoms with van der Waals surface area (Å²) in [4.78, 5) is 14.3. The summed E-state index contributed by atoms with van der Waals surface area (Å²) >= 11 is 0. The Morgan fingerprint density at radius 2 is 2.18 bits per heavy atom. The van der Waals surface area contributed by atoms with Crippen LogP contribution in [0.3, 0.4) is 0 Å². The SMILES string of the molecule is CCCN(C(=O)Cc1cccc(OC)c1)C1CCS(=O)(=O)C1. The van der Waals surface area contributed by atoms with Crippen molar-refractivity contribution in [3.63, 3.8) is 0 Å². The third-order valence-corrected chi connectivity index (χ3v) is 5.67. The molecule has 1 amide bonds. The van der Waals surface area contributed by atoms with E-state index < -0.39 is 9.84 Å². The highest BCUT2D eigenvalue weighted by Crippen LogP contribution is 2.20. The zero-order valence-electron chi connectivity index (χ0n) is 13.1. The molecule has 1 saturated heterocycles. The Hall–Kier alpha value is -1.56. The van der Waals surface area contributed by atoms with E-state index in [0.717, 1.165) is 17.7 Å². The lowest BCUT2D eigenvalue weighted by molar-refractivity contribution is -0.132. The summed E-state index contributed by atoms with van der Waals surface area (Å²) in [6, 6.07) is 7.24. The molecule has 22 heavy (non-hydrogen) atoms. The standard InChI is InChI=1S/C16H23NO4S/c1-3-8-17(14-7-9-22(19,20)12-14)16(18)11-13-5-4-6-15(10-13)21-2/h4-6,10,14H,3,7-9,11-12H2,1-2H3. The number of methoxy groups -OCH3 is 1. The van der Waals surface area contributed by atoms with Crippen molar-refractivity contribution in [3.05, 3.63) is 29.8 Å². The monoisotopic (exact) mass is 325 g/mol. The van der Waals surface area contributed by atoms with E-state index in [9.17, 15) is 13.2 Å². The van der Waals surface area contributed by atoms with Gasteiger partial charge in [-0.15, -0.1) is 0 Å². The van der Waals surface area contributed by atoms with Crippen LogP contribution < -0.4 is 4.74 Å². The first-order valence-corrected chi connectivity index (χ1v) is 9.40. The average molecular weight is 325 g/mol. The minimum absolute atomic E-state index is 0.0165. The number of carbonyl (C=O) groups is 1. The number of nitrogens with zero attached hydrogens (tertiary/aromatic N) is 1. The molecule has 1 unspecified atom stereocenters. The molecular weight excluding hydrogens is 302 g/mol. The first-order chi connectivity index (χ1) is 10.4. The van der Waals surface area contributed by atoms with Gasteiger partial charge in [0, 0.05) is 12.6 Å². The fourth-order valence-electron chi connectivity index (χ4n) is 2.83. The maximum atomic E-state index is 12.6. The highest BCUT2D eigenvalue weighted by molar-refractivity contribution is 7.91. The van der Waals surface area contributed by atoms with Crippen LogP contribution >= 0.6 is 0 Å². The lowest BCUT2D eigenvalue weighted by Crippen LogP contribution is -2.42. The number of benzene rings is 1. The number of carbonyl (C=O) groups excluding carboxylic acids is 1. The van der Waals surface area contributed by atoms with E-state index in [2.05, 4.69) is 0 Å². The van der Waals surface area contributed by atoms with E-state index in [4.69, 9.17) is 4.74 Å². The van der Waals surface area contributed by atoms with Crippen LogP contribution in [0.25, 0.3) is 0 Å². The summed E-state index contributed by atoms with van der Waals surface area (Å²) in [7, 11) is -1.40. The molecule has 1 aromatic carbocycles. The molecule has 1 fully saturated rings. The van der Waals surface area contributed by atoms with E-state index in [1.807, 2.05) is 31.2 Å². The normalized spacial score (nSPS) is 19.8. The van der Waals surface area contributed by atoms with Gasteiger partial charge in [0.05, 0.1) is 25.0 Å². The number of hydrogen-bond acceptors (Lipinski definition) is 4. The van der Waals surface area contributed by atoms with Gasteiger partial charge in [-0.25, -0.2) is 8.42 Å². The minimum Gasteiger partial charge on any atom is -0.497 e. The molecule has 0 aliphatic carbocycles. The van der Waals surface area contributed by atoms with Gasteiger partial charge in [0.15, 0.2) is 9.84 Å². The third-order valence-electron chi connectivity index (χ3n) is 3.92. The van der Waals surface area contributed by atoms with Crippen molar-refractivity contribution >= 4 is 15.7 Å². The highest BCUT2D eigenvalue weighted by atomic mass is 32.2. The molecule has 0 N–H and O–H groups in total. The van der Waals surface area contributed by atoms with Crippen molar-refractivity contribution in [2.24, 2.45) is 0 Å². The summed E-state index contributed by atoms with van der Waals surface area (Å²) in [5.41, 5.74) is 0.881. The van der Waals surface area contributed by atoms with E-state index >= 15 is 0 Å². The van der Waals surface area contributed by atoms with Crippen LogP contribution in [-0.4, -0.2) is 50.4 Å². The Balaban J connectivity index is 2.09. The van der Waals surface area contributed by atoms with Gasteiger partial charge in [0.2, 0.25) is 5.91 Å². The molecule has 1 aliphatic rings. The zero-order chi connectivity index (χ0) is 16.2. The molecule has 122 valence electrons. The van der Waals surface area contributed by atoms with E-state index in [1.165, 1.54) is 0 Å². The van der Waals surface area contributed by atoms with E-state index in [0.29, 0.717) is 13.0 Å². The average Bonchev–Trinajstić information content (AvgIpc) is 2.84. The molecule has 6 heteroatoms. The predicted molar refractivity (Wildman–Crippen MR) is 85.8 cm³/mol. The molecule has 1 atom stereocenters. The highest BCUT2D eigenvalue weighted by Gasteiger charge is 2.34. The van der Waals surface area contributed by atoms with Crippen LogP contribution in [0.4, 0.5) is 0 Å². The first kappa shape index (κ1) is 16.8. The zero-order valence-corrected chi connectivity index (χ0v) is 13.9. The van der Waals surface area contributed by atoms with Gasteiger partial charge in [-0.05, 0) is 30.5 Å². The smallest absolute Gasteiger partial charge is 0.227 e. The second-order valence-corrected chi connectivity index (χ2v) is 7.90. The lowest BCUT2D eigenvalue weighted by Gasteiger charge is -2.28. The Bertz CT molecular complexity index is 627. The summed E-state index contributed by atoms with van der Waals surface area (Å²) in [6.07, 6.45) is 1.64. The van der Waals surface area contributed by atoms with Gasteiger partial charge in [0.1, 0.15) is 5.75 Å². The summed E-state index contributed by atoms with van der Waals surface area (Å²) in [6.45, 7) is 2.60. The van der Waals surface area contributed by atoms with Crippen molar-refractivity contribution in [1.82, 2.24) is 4.90 Å². The largest absolute Gasteiger partial charge is 0.497 e. The maximum Gasteiger partial charge on any atom is 0.227 e. The predicted octanol–water partition coefficient (Wildman–Crippen LogP) is 1.66. The summed E-state index contributed by atoms with van der Waals surface area (Å²) < 4.78 is 28.5. The molecule has 0 aromatic heterocycles. The van der Waals surface area contributed by atoms with Gasteiger partial charge < -0.3 is 9.64 Å². The quantitative estimate of drug-likeness (QED) is 0.798. The molecule has 0 spiro atoms. The number of hydrogen-bond donors (Lipinski definition) is 0. The van der Waals surface area contributed by atoms with Gasteiger partial charge >= 0.3 is 0 Å². The third kappa shape index (κ3) is 4.22. The summed E-state index contributed by atoms with van der Waals surface area (Å²) in [5, 5.41) is 0. The molecule has 5 nitrogen and oxygen atoms in total. The van der Waals surface area contributed by atoms with E-state index in [-0.39, 0.29) is 29.9 Å². The number of rotatable bonds is 6. The van der Waals surface area contributed by atoms with Crippen LogP contribution in [0.15, 0.2) is 24.3 Å². The lowest BCUT2D eigenvalue weighted by atomic mass is 10.1. The molecule has 1 aromatic rings. The number of sulfone groups is 1. The molecule has 2 rings (SSSR count). The molecule has 1 aliphatic heterocycles. The topological polar surface area (TPSA) is 63.7 Å². The van der Waals surface area contributed by atoms with Gasteiger partial charge in [0.25, 0.3) is 0 Å². The Kier molecular flexibility index (Phi) is 5.45. The van der Waals surface area contributed by atoms with Crippen LogP contribution in [-0.2, 0) is 21.1 Å². The second kappa shape index (κ2) is 7.13. The van der Waals surface area contributed by atoms with Crippen LogP contribution in [0, 0.1) is 0 Å². The van der Waals surface area contributed by atoms with Crippen molar-refractivity contribution < 1.29 is 17.9 Å². The number of amides is 1. The minimum atomic E-state index is -2.99. The second-order valence-electron chi connectivity index (χ2n) is 5.67. The Morgan fingerprint density at radius 1 is 1.41 bits per heavy atom. The van der Waals surface area contributed by atoms with Crippen molar-refractivity contribution in [2.45, 2.75) is 32.2 Å². The molecule has 0 radical (unpaired) electrons. The summed E-state index contributed by atoms with van der Waals surface area (Å²) in [5.74, 6) is 0.981. The Labute approximate surface area is 132 Å². The molecular formula is C16H23NO4S. The maximum absolute atomic E-state index is 12.6.